The Morgan fingerprint density at radius 3 is 2.85 bits per heavy atom. The standard InChI is InChI=1S/C14H15ClFNO3/c1-20-14(19)9-3-2-6-17(8-9)13(18)11-5-4-10(16)7-12(11)15/h4-5,7,9H,2-3,6,8H2,1H3/t9-/m0/s1. The molecule has 0 spiro atoms. The van der Waals surface area contributed by atoms with Gasteiger partial charge in [-0.05, 0) is 31.0 Å². The summed E-state index contributed by atoms with van der Waals surface area (Å²) in [7, 11) is 1.33. The second-order valence-corrected chi connectivity index (χ2v) is 5.14. The predicted octanol–water partition coefficient (Wildman–Crippen LogP) is 2.50. The van der Waals surface area contributed by atoms with Crippen LogP contribution in [0.5, 0.6) is 0 Å². The van der Waals surface area contributed by atoms with E-state index in [2.05, 4.69) is 0 Å². The van der Waals surface area contributed by atoms with Crippen molar-refractivity contribution in [3.63, 3.8) is 0 Å². The second kappa shape index (κ2) is 6.22. The Kier molecular flexibility index (Phi) is 4.60. The van der Waals surface area contributed by atoms with Crippen molar-refractivity contribution in [3.05, 3.63) is 34.6 Å². The topological polar surface area (TPSA) is 46.6 Å². The first-order valence-corrected chi connectivity index (χ1v) is 6.73. The number of piperidine rings is 1. The lowest BCUT2D eigenvalue weighted by molar-refractivity contribution is -0.146. The Morgan fingerprint density at radius 1 is 1.45 bits per heavy atom. The van der Waals surface area contributed by atoms with Crippen molar-refractivity contribution in [3.8, 4) is 0 Å². The van der Waals surface area contributed by atoms with Crippen LogP contribution in [0.2, 0.25) is 5.02 Å². The first-order valence-electron chi connectivity index (χ1n) is 6.35. The molecule has 1 aromatic carbocycles. The molecule has 6 heteroatoms. The number of carbonyl (C=O) groups is 2. The van der Waals surface area contributed by atoms with Crippen LogP contribution in [0.3, 0.4) is 0 Å². The van der Waals surface area contributed by atoms with E-state index in [0.717, 1.165) is 12.5 Å². The first-order chi connectivity index (χ1) is 9.52. The van der Waals surface area contributed by atoms with Crippen LogP contribution in [-0.4, -0.2) is 37.0 Å². The molecule has 20 heavy (non-hydrogen) atoms. The summed E-state index contributed by atoms with van der Waals surface area (Å²) in [6.07, 6.45) is 1.43. The average molecular weight is 300 g/mol. The van der Waals surface area contributed by atoms with Gasteiger partial charge in [0, 0.05) is 13.1 Å². The van der Waals surface area contributed by atoms with E-state index in [1.165, 1.54) is 19.2 Å². The van der Waals surface area contributed by atoms with E-state index in [-0.39, 0.29) is 28.4 Å². The van der Waals surface area contributed by atoms with E-state index in [4.69, 9.17) is 16.3 Å². The second-order valence-electron chi connectivity index (χ2n) is 4.74. The molecule has 0 aliphatic carbocycles. The van der Waals surface area contributed by atoms with Crippen molar-refractivity contribution >= 4 is 23.5 Å². The lowest BCUT2D eigenvalue weighted by Crippen LogP contribution is -2.42. The fraction of sp³-hybridized carbons (Fsp3) is 0.429. The summed E-state index contributed by atoms with van der Waals surface area (Å²) in [4.78, 5) is 25.5. The molecule has 108 valence electrons. The number of hydrogen-bond donors (Lipinski definition) is 0. The van der Waals surface area contributed by atoms with Gasteiger partial charge in [-0.15, -0.1) is 0 Å². The van der Waals surface area contributed by atoms with E-state index < -0.39 is 5.82 Å². The minimum absolute atomic E-state index is 0.0789. The van der Waals surface area contributed by atoms with E-state index in [1.54, 1.807) is 4.90 Å². The van der Waals surface area contributed by atoms with Crippen molar-refractivity contribution in [2.24, 2.45) is 5.92 Å². The van der Waals surface area contributed by atoms with Gasteiger partial charge in [0.25, 0.3) is 5.91 Å². The molecule has 1 aliphatic rings. The lowest BCUT2D eigenvalue weighted by atomic mass is 9.97. The van der Waals surface area contributed by atoms with Crippen LogP contribution < -0.4 is 0 Å². The summed E-state index contributed by atoms with van der Waals surface area (Å²) >= 11 is 5.89. The SMILES string of the molecule is COC(=O)[C@H]1CCCN(C(=O)c2ccc(F)cc2Cl)C1. The fourth-order valence-electron chi connectivity index (χ4n) is 2.35. The highest BCUT2D eigenvalue weighted by Crippen LogP contribution is 2.23. The molecule has 0 aromatic heterocycles. The van der Waals surface area contributed by atoms with Crippen molar-refractivity contribution in [1.82, 2.24) is 4.90 Å². The maximum Gasteiger partial charge on any atom is 0.310 e. The summed E-state index contributed by atoms with van der Waals surface area (Å²) in [5.74, 6) is -1.40. The smallest absolute Gasteiger partial charge is 0.310 e. The molecule has 0 radical (unpaired) electrons. The molecule has 0 saturated carbocycles. The fourth-order valence-corrected chi connectivity index (χ4v) is 2.60. The number of hydrogen-bond acceptors (Lipinski definition) is 3. The van der Waals surface area contributed by atoms with Crippen molar-refractivity contribution in [1.29, 1.82) is 0 Å². The molecule has 0 bridgehead atoms. The Hall–Kier alpha value is -1.62. The van der Waals surface area contributed by atoms with Crippen molar-refractivity contribution < 1.29 is 18.7 Å². The molecule has 2 rings (SSSR count). The van der Waals surface area contributed by atoms with Gasteiger partial charge in [0.15, 0.2) is 0 Å². The number of benzene rings is 1. The normalized spacial score (nSPS) is 18.8. The van der Waals surface area contributed by atoms with Crippen LogP contribution in [0, 0.1) is 11.7 Å². The quantitative estimate of drug-likeness (QED) is 0.788. The number of esters is 1. The molecule has 4 nitrogen and oxygen atoms in total. The largest absolute Gasteiger partial charge is 0.469 e. The van der Waals surface area contributed by atoms with Gasteiger partial charge in [0.05, 0.1) is 23.6 Å². The Labute approximate surface area is 121 Å². The third-order valence-corrected chi connectivity index (χ3v) is 3.72. The van der Waals surface area contributed by atoms with Gasteiger partial charge in [-0.3, -0.25) is 9.59 Å². The minimum atomic E-state index is -0.488. The number of ether oxygens (including phenoxy) is 1. The number of methoxy groups -OCH3 is 1. The van der Waals surface area contributed by atoms with Crippen LogP contribution >= 0.6 is 11.6 Å². The molecule has 1 saturated heterocycles. The van der Waals surface area contributed by atoms with Crippen molar-refractivity contribution in [2.45, 2.75) is 12.8 Å². The maximum atomic E-state index is 13.0. The van der Waals surface area contributed by atoms with E-state index in [1.807, 2.05) is 0 Å². The lowest BCUT2D eigenvalue weighted by Gasteiger charge is -2.31. The number of amides is 1. The van der Waals surface area contributed by atoms with Gasteiger partial charge in [0.1, 0.15) is 5.82 Å². The van der Waals surface area contributed by atoms with E-state index >= 15 is 0 Å². The van der Waals surface area contributed by atoms with E-state index in [9.17, 15) is 14.0 Å². The van der Waals surface area contributed by atoms with Gasteiger partial charge in [-0.1, -0.05) is 11.6 Å². The Balaban J connectivity index is 2.14. The molecule has 1 heterocycles. The highest BCUT2D eigenvalue weighted by Gasteiger charge is 2.30. The third kappa shape index (κ3) is 3.10. The molecular weight excluding hydrogens is 285 g/mol. The molecule has 0 unspecified atom stereocenters. The molecular formula is C14H15ClFNO3. The van der Waals surface area contributed by atoms with Crippen LogP contribution in [-0.2, 0) is 9.53 Å². The monoisotopic (exact) mass is 299 g/mol. The number of rotatable bonds is 2. The van der Waals surface area contributed by atoms with Gasteiger partial charge < -0.3 is 9.64 Å². The average Bonchev–Trinajstić information content (AvgIpc) is 2.46. The Morgan fingerprint density at radius 2 is 2.20 bits per heavy atom. The number of nitrogens with zero attached hydrogens (tertiary/aromatic N) is 1. The molecule has 0 N–H and O–H groups in total. The summed E-state index contributed by atoms with van der Waals surface area (Å²) in [6, 6.07) is 3.67. The third-order valence-electron chi connectivity index (χ3n) is 3.40. The summed E-state index contributed by atoms with van der Waals surface area (Å²) in [5, 5.41) is 0.0789. The molecule has 1 atom stereocenters. The van der Waals surface area contributed by atoms with E-state index in [0.29, 0.717) is 19.5 Å². The number of likely N-dealkylation sites (tertiary alicyclic amines) is 1. The number of carbonyl (C=O) groups excluding carboxylic acids is 2. The van der Waals surface area contributed by atoms with Crippen LogP contribution in [0.25, 0.3) is 0 Å². The first kappa shape index (κ1) is 14.8. The van der Waals surface area contributed by atoms with Crippen LogP contribution in [0.1, 0.15) is 23.2 Å². The minimum Gasteiger partial charge on any atom is -0.469 e. The van der Waals surface area contributed by atoms with Gasteiger partial charge >= 0.3 is 5.97 Å². The van der Waals surface area contributed by atoms with Crippen LogP contribution in [0.15, 0.2) is 18.2 Å². The predicted molar refractivity (Wildman–Crippen MR) is 72.1 cm³/mol. The zero-order chi connectivity index (χ0) is 14.7. The molecule has 1 aliphatic heterocycles. The van der Waals surface area contributed by atoms with Crippen LogP contribution in [0.4, 0.5) is 4.39 Å². The maximum absolute atomic E-state index is 13.0. The molecule has 1 aromatic rings. The molecule has 1 amide bonds. The van der Waals surface area contributed by atoms with Crippen molar-refractivity contribution in [2.75, 3.05) is 20.2 Å². The van der Waals surface area contributed by atoms with Gasteiger partial charge in [0.2, 0.25) is 0 Å². The highest BCUT2D eigenvalue weighted by atomic mass is 35.5. The summed E-state index contributed by atoms with van der Waals surface area (Å²) in [6.45, 7) is 0.860. The zero-order valence-electron chi connectivity index (χ0n) is 11.1. The highest BCUT2D eigenvalue weighted by molar-refractivity contribution is 6.33. The summed E-state index contributed by atoms with van der Waals surface area (Å²) < 4.78 is 17.7. The molecule has 1 fully saturated rings. The number of halogens is 2. The van der Waals surface area contributed by atoms with Gasteiger partial charge in [-0.25, -0.2) is 4.39 Å². The zero-order valence-corrected chi connectivity index (χ0v) is 11.8. The Bertz CT molecular complexity index is 535. The van der Waals surface area contributed by atoms with Gasteiger partial charge in [-0.2, -0.15) is 0 Å². The summed E-state index contributed by atoms with van der Waals surface area (Å²) in [5.41, 5.74) is 0.249.